The summed E-state index contributed by atoms with van der Waals surface area (Å²) < 4.78 is 13.3. The Kier molecular flexibility index (Phi) is 5.99. The zero-order valence-corrected chi connectivity index (χ0v) is 13.1. The molecule has 0 amide bonds. The fourth-order valence-electron chi connectivity index (χ4n) is 2.49. The molecule has 0 aliphatic carbocycles. The molecule has 0 unspecified atom stereocenters. The van der Waals surface area contributed by atoms with Crippen LogP contribution in [0.2, 0.25) is 0 Å². The van der Waals surface area contributed by atoms with Crippen LogP contribution in [0.4, 0.5) is 4.39 Å². The lowest BCUT2D eigenvalue weighted by molar-refractivity contribution is 0.315. The first-order valence-electron chi connectivity index (χ1n) is 7.32. The van der Waals surface area contributed by atoms with Crippen molar-refractivity contribution in [2.24, 2.45) is 5.41 Å². The Morgan fingerprint density at radius 3 is 2.26 bits per heavy atom. The normalized spacial score (nSPS) is 11.9. The van der Waals surface area contributed by atoms with Crippen LogP contribution in [0.25, 0.3) is 0 Å². The number of aryl methyl sites for hydroxylation is 2. The maximum absolute atomic E-state index is 13.3. The van der Waals surface area contributed by atoms with E-state index in [1.807, 2.05) is 13.8 Å². The quantitative estimate of drug-likeness (QED) is 0.720. The van der Waals surface area contributed by atoms with Crippen LogP contribution in [-0.2, 0) is 6.42 Å². The second-order valence-corrected chi connectivity index (χ2v) is 6.36. The fourth-order valence-corrected chi connectivity index (χ4v) is 2.49. The summed E-state index contributed by atoms with van der Waals surface area (Å²) >= 11 is 0. The van der Waals surface area contributed by atoms with Crippen molar-refractivity contribution >= 4 is 0 Å². The summed E-state index contributed by atoms with van der Waals surface area (Å²) in [6, 6.07) is 3.29. The predicted molar refractivity (Wildman–Crippen MR) is 81.1 cm³/mol. The molecule has 1 nitrogen and oxygen atoms in total. The number of hydrogen-bond donors (Lipinski definition) is 1. The largest absolute Gasteiger partial charge is 0.316 e. The summed E-state index contributed by atoms with van der Waals surface area (Å²) in [7, 11) is 0. The minimum atomic E-state index is -0.123. The monoisotopic (exact) mass is 265 g/mol. The first-order valence-corrected chi connectivity index (χ1v) is 7.32. The van der Waals surface area contributed by atoms with Gasteiger partial charge in [-0.25, -0.2) is 4.39 Å². The first kappa shape index (κ1) is 16.2. The molecule has 0 atom stereocenters. The molecule has 0 aromatic heterocycles. The van der Waals surface area contributed by atoms with Crippen LogP contribution in [0, 0.1) is 25.1 Å². The Morgan fingerprint density at radius 1 is 1.16 bits per heavy atom. The zero-order chi connectivity index (χ0) is 14.5. The van der Waals surface area contributed by atoms with Crippen molar-refractivity contribution < 1.29 is 4.39 Å². The second-order valence-electron chi connectivity index (χ2n) is 6.36. The number of hydrogen-bond acceptors (Lipinski definition) is 1. The van der Waals surface area contributed by atoms with Crippen LogP contribution in [0.1, 0.15) is 50.3 Å². The van der Waals surface area contributed by atoms with Crippen molar-refractivity contribution in [1.29, 1.82) is 0 Å². The van der Waals surface area contributed by atoms with E-state index in [0.717, 1.165) is 37.1 Å². The van der Waals surface area contributed by atoms with Gasteiger partial charge in [-0.15, -0.1) is 0 Å². The summed E-state index contributed by atoms with van der Waals surface area (Å²) in [6.07, 6.45) is 3.32. The zero-order valence-electron chi connectivity index (χ0n) is 13.1. The van der Waals surface area contributed by atoms with Gasteiger partial charge in [0, 0.05) is 6.54 Å². The van der Waals surface area contributed by atoms with Crippen LogP contribution in [0.5, 0.6) is 0 Å². The summed E-state index contributed by atoms with van der Waals surface area (Å²) in [6.45, 7) is 12.9. The molecule has 2 heteroatoms. The molecule has 1 aromatic carbocycles. The Hall–Kier alpha value is -0.890. The van der Waals surface area contributed by atoms with E-state index in [0.29, 0.717) is 0 Å². The van der Waals surface area contributed by atoms with Crippen molar-refractivity contribution in [2.45, 2.75) is 53.9 Å². The number of benzene rings is 1. The number of rotatable bonds is 7. The lowest BCUT2D eigenvalue weighted by Crippen LogP contribution is -2.30. The van der Waals surface area contributed by atoms with Crippen LogP contribution >= 0.6 is 0 Å². The van der Waals surface area contributed by atoms with Crippen LogP contribution in [0.3, 0.4) is 0 Å². The molecule has 0 heterocycles. The van der Waals surface area contributed by atoms with Crippen LogP contribution in [0.15, 0.2) is 12.1 Å². The average Bonchev–Trinajstić information content (AvgIpc) is 2.27. The highest BCUT2D eigenvalue weighted by Gasteiger charge is 2.18. The molecule has 0 saturated heterocycles. The van der Waals surface area contributed by atoms with Gasteiger partial charge >= 0.3 is 0 Å². The minimum Gasteiger partial charge on any atom is -0.316 e. The van der Waals surface area contributed by atoms with E-state index < -0.39 is 0 Å². The number of halogens is 1. The van der Waals surface area contributed by atoms with Crippen molar-refractivity contribution in [3.05, 3.63) is 34.6 Å². The van der Waals surface area contributed by atoms with Gasteiger partial charge in [-0.05, 0) is 73.9 Å². The average molecular weight is 265 g/mol. The van der Waals surface area contributed by atoms with Crippen molar-refractivity contribution in [1.82, 2.24) is 5.32 Å². The Morgan fingerprint density at radius 2 is 1.74 bits per heavy atom. The molecular weight excluding hydrogens is 237 g/mol. The molecule has 19 heavy (non-hydrogen) atoms. The van der Waals surface area contributed by atoms with Gasteiger partial charge in [0.25, 0.3) is 0 Å². The van der Waals surface area contributed by atoms with Gasteiger partial charge in [0.2, 0.25) is 0 Å². The first-order chi connectivity index (χ1) is 8.85. The van der Waals surface area contributed by atoms with E-state index >= 15 is 0 Å². The third-order valence-corrected chi connectivity index (χ3v) is 3.74. The Labute approximate surface area is 117 Å². The topological polar surface area (TPSA) is 12.0 Å². The van der Waals surface area contributed by atoms with Crippen molar-refractivity contribution in [3.8, 4) is 0 Å². The molecule has 0 fully saturated rings. The number of nitrogens with one attached hydrogen (secondary N) is 1. The van der Waals surface area contributed by atoms with E-state index in [4.69, 9.17) is 0 Å². The molecular formula is C17H28FN. The molecule has 1 N–H and O–H groups in total. The highest BCUT2D eigenvalue weighted by atomic mass is 19.1. The summed E-state index contributed by atoms with van der Waals surface area (Å²) in [5.74, 6) is -0.123. The van der Waals surface area contributed by atoms with Gasteiger partial charge in [0.1, 0.15) is 5.82 Å². The molecule has 0 aliphatic heterocycles. The van der Waals surface area contributed by atoms with Gasteiger partial charge in [-0.1, -0.05) is 20.8 Å². The van der Waals surface area contributed by atoms with Crippen LogP contribution < -0.4 is 5.32 Å². The SMILES string of the molecule is CCCNCC(C)(C)CCc1c(C)cc(F)cc1C. The summed E-state index contributed by atoms with van der Waals surface area (Å²) in [5.41, 5.74) is 3.75. The Bertz CT molecular complexity index is 387. The second kappa shape index (κ2) is 7.04. The fraction of sp³-hybridized carbons (Fsp3) is 0.647. The van der Waals surface area contributed by atoms with E-state index in [2.05, 4.69) is 26.1 Å². The van der Waals surface area contributed by atoms with Gasteiger partial charge in [-0.2, -0.15) is 0 Å². The molecule has 1 aromatic rings. The van der Waals surface area contributed by atoms with Gasteiger partial charge in [0.15, 0.2) is 0 Å². The standard InChI is InChI=1S/C17H28FN/c1-6-9-19-12-17(4,5)8-7-16-13(2)10-15(18)11-14(16)3/h10-11,19H,6-9,12H2,1-5H3. The predicted octanol–water partition coefficient (Wildman–Crippen LogP) is 4.40. The van der Waals surface area contributed by atoms with Gasteiger partial charge in [0.05, 0.1) is 0 Å². The van der Waals surface area contributed by atoms with E-state index in [-0.39, 0.29) is 11.2 Å². The lowest BCUT2D eigenvalue weighted by Gasteiger charge is -2.26. The lowest BCUT2D eigenvalue weighted by atomic mass is 9.84. The third kappa shape index (κ3) is 5.32. The summed E-state index contributed by atoms with van der Waals surface area (Å²) in [4.78, 5) is 0. The van der Waals surface area contributed by atoms with E-state index in [1.165, 1.54) is 12.0 Å². The van der Waals surface area contributed by atoms with Gasteiger partial charge in [-0.3, -0.25) is 0 Å². The third-order valence-electron chi connectivity index (χ3n) is 3.74. The van der Waals surface area contributed by atoms with Crippen molar-refractivity contribution in [2.75, 3.05) is 13.1 Å². The maximum atomic E-state index is 13.3. The van der Waals surface area contributed by atoms with Crippen molar-refractivity contribution in [3.63, 3.8) is 0 Å². The summed E-state index contributed by atoms with van der Waals surface area (Å²) in [5, 5.41) is 3.49. The molecule has 0 bridgehead atoms. The molecule has 0 spiro atoms. The minimum absolute atomic E-state index is 0.123. The molecule has 0 aliphatic rings. The van der Waals surface area contributed by atoms with E-state index in [1.54, 1.807) is 12.1 Å². The molecule has 1 rings (SSSR count). The molecule has 108 valence electrons. The highest BCUT2D eigenvalue weighted by Crippen LogP contribution is 2.25. The van der Waals surface area contributed by atoms with Crippen LogP contribution in [-0.4, -0.2) is 13.1 Å². The Balaban J connectivity index is 2.61. The molecule has 0 saturated carbocycles. The smallest absolute Gasteiger partial charge is 0.123 e. The van der Waals surface area contributed by atoms with E-state index in [9.17, 15) is 4.39 Å². The van der Waals surface area contributed by atoms with Gasteiger partial charge < -0.3 is 5.32 Å². The maximum Gasteiger partial charge on any atom is 0.123 e. The highest BCUT2D eigenvalue weighted by molar-refractivity contribution is 5.34. The molecule has 0 radical (unpaired) electrons.